The molecule has 6 N–H and O–H groups in total. The molecule has 17 heteroatoms. The van der Waals surface area contributed by atoms with Gasteiger partial charge in [0.25, 0.3) is 5.91 Å². The number of hydrogen-bond acceptors (Lipinski definition) is 10. The van der Waals surface area contributed by atoms with E-state index in [0.717, 1.165) is 5.01 Å². The fourth-order valence-electron chi connectivity index (χ4n) is 7.42. The summed E-state index contributed by atoms with van der Waals surface area (Å²) in [5, 5.41) is 33.0. The zero-order chi connectivity index (χ0) is 40.6. The van der Waals surface area contributed by atoms with Crippen molar-refractivity contribution in [3.63, 3.8) is 0 Å². The standard InChI is InChI=1S/C38H55N7O10/c1-6-22(4)32-38(55)43-15-7-9-29(43)35(52)41-28(18-24-11-13-26(47)14-12-24)37(54)45(25(20-46)19-31(48)49)44-16-8-10-30(44)36(53)40-27(17-21(2)3)34(51)39-23(5)33(50)42-32/h11-14,20-23,25,27-30,32,47H,6-10,15-19H2,1-5H3,(H,39,51)(H,40,53)(H,41,52)(H,42,50)(H,48,49)/t22-,23-,25-,27-,28-,29-,30-,32-/m0/s1. The summed E-state index contributed by atoms with van der Waals surface area (Å²) in [5.74, 6) is -5.88. The maximum atomic E-state index is 14.8. The molecule has 3 heterocycles. The lowest BCUT2D eigenvalue weighted by atomic mass is 9.96. The normalized spacial score (nSPS) is 27.5. The molecule has 4 rings (SSSR count). The Balaban J connectivity index is 1.86. The maximum Gasteiger partial charge on any atom is 0.305 e. The van der Waals surface area contributed by atoms with Crippen molar-refractivity contribution in [3.05, 3.63) is 29.8 Å². The predicted octanol–water partition coefficient (Wildman–Crippen LogP) is 0.241. The molecule has 55 heavy (non-hydrogen) atoms. The van der Waals surface area contributed by atoms with Gasteiger partial charge in [0.1, 0.15) is 54.3 Å². The first-order chi connectivity index (χ1) is 26.1. The number of aliphatic carboxylic acids is 1. The maximum absolute atomic E-state index is 14.8. The first-order valence-corrected chi connectivity index (χ1v) is 19.1. The number of nitrogens with zero attached hydrogens (tertiary/aromatic N) is 3. The number of carboxylic acid groups (broad SMARTS) is 1. The topological polar surface area (TPSA) is 235 Å². The van der Waals surface area contributed by atoms with E-state index in [9.17, 15) is 48.6 Å². The minimum atomic E-state index is -1.58. The number of amides is 6. The van der Waals surface area contributed by atoms with Gasteiger partial charge in [-0.15, -0.1) is 0 Å². The molecule has 0 aromatic heterocycles. The van der Waals surface area contributed by atoms with Crippen LogP contribution in [-0.4, -0.2) is 128 Å². The van der Waals surface area contributed by atoms with Crippen molar-refractivity contribution in [2.24, 2.45) is 11.8 Å². The number of aromatic hydroxyl groups is 1. The molecular formula is C38H55N7O10. The highest BCUT2D eigenvalue weighted by molar-refractivity contribution is 5.97. The van der Waals surface area contributed by atoms with Crippen LogP contribution in [0.2, 0.25) is 0 Å². The summed E-state index contributed by atoms with van der Waals surface area (Å²) in [5.41, 5.74) is 0.502. The minimum absolute atomic E-state index is 0.0449. The quantitative estimate of drug-likeness (QED) is 0.177. The number of hydrazine groups is 1. The van der Waals surface area contributed by atoms with Crippen LogP contribution in [0.3, 0.4) is 0 Å². The number of phenols is 1. The van der Waals surface area contributed by atoms with Crippen molar-refractivity contribution in [2.75, 3.05) is 13.1 Å². The van der Waals surface area contributed by atoms with Gasteiger partial charge in [-0.25, -0.2) is 5.01 Å². The van der Waals surface area contributed by atoms with Crippen molar-refractivity contribution >= 4 is 47.7 Å². The largest absolute Gasteiger partial charge is 0.508 e. The molecule has 302 valence electrons. The van der Waals surface area contributed by atoms with E-state index in [1.165, 1.54) is 29.0 Å². The molecule has 3 fully saturated rings. The fraction of sp³-hybridized carbons (Fsp3) is 0.632. The van der Waals surface area contributed by atoms with Gasteiger partial charge in [-0.3, -0.25) is 38.6 Å². The van der Waals surface area contributed by atoms with Crippen LogP contribution in [0, 0.1) is 11.8 Å². The van der Waals surface area contributed by atoms with Crippen molar-refractivity contribution in [1.82, 2.24) is 36.2 Å². The lowest BCUT2D eigenvalue weighted by Gasteiger charge is -2.41. The minimum Gasteiger partial charge on any atom is -0.508 e. The number of carbonyl (C=O) groups excluding carboxylic acids is 7. The van der Waals surface area contributed by atoms with E-state index < -0.39 is 90.1 Å². The zero-order valence-corrected chi connectivity index (χ0v) is 32.2. The Hall–Kier alpha value is -5.06. The molecule has 0 aliphatic carbocycles. The van der Waals surface area contributed by atoms with Gasteiger partial charge in [0, 0.05) is 19.5 Å². The number of aldehydes is 1. The summed E-state index contributed by atoms with van der Waals surface area (Å²) in [7, 11) is 0. The number of hydrogen-bond donors (Lipinski definition) is 6. The average molecular weight is 770 g/mol. The van der Waals surface area contributed by atoms with Gasteiger partial charge in [0.15, 0.2) is 0 Å². The average Bonchev–Trinajstić information content (AvgIpc) is 3.83. The van der Waals surface area contributed by atoms with Crippen molar-refractivity contribution in [3.8, 4) is 5.75 Å². The fourth-order valence-corrected chi connectivity index (χ4v) is 7.42. The van der Waals surface area contributed by atoms with Gasteiger partial charge in [0.05, 0.1) is 6.42 Å². The van der Waals surface area contributed by atoms with Gasteiger partial charge in [-0.2, -0.15) is 0 Å². The lowest BCUT2D eigenvalue weighted by Crippen LogP contribution is -2.64. The zero-order valence-electron chi connectivity index (χ0n) is 32.2. The first kappa shape index (κ1) is 42.7. The summed E-state index contributed by atoms with van der Waals surface area (Å²) in [6.07, 6.45) is 1.27. The summed E-state index contributed by atoms with van der Waals surface area (Å²) in [4.78, 5) is 111. The molecule has 0 radical (unpaired) electrons. The molecule has 0 unspecified atom stereocenters. The molecule has 0 saturated carbocycles. The van der Waals surface area contributed by atoms with Crippen LogP contribution in [-0.2, 0) is 44.8 Å². The number of carboxylic acids is 1. The van der Waals surface area contributed by atoms with E-state index in [2.05, 4.69) is 21.3 Å². The van der Waals surface area contributed by atoms with E-state index in [0.29, 0.717) is 31.1 Å². The molecule has 0 bridgehead atoms. The van der Waals surface area contributed by atoms with Crippen LogP contribution in [0.5, 0.6) is 5.75 Å². The molecule has 17 nitrogen and oxygen atoms in total. The van der Waals surface area contributed by atoms with E-state index >= 15 is 0 Å². The summed E-state index contributed by atoms with van der Waals surface area (Å²) < 4.78 is 0. The second-order valence-corrected chi connectivity index (χ2v) is 15.2. The van der Waals surface area contributed by atoms with Gasteiger partial charge in [0.2, 0.25) is 29.5 Å². The van der Waals surface area contributed by atoms with E-state index in [-0.39, 0.29) is 56.4 Å². The number of benzene rings is 1. The van der Waals surface area contributed by atoms with Gasteiger partial charge < -0.3 is 41.2 Å². The van der Waals surface area contributed by atoms with Crippen LogP contribution in [0.15, 0.2) is 24.3 Å². The molecule has 3 aliphatic heterocycles. The third-order valence-electron chi connectivity index (χ3n) is 10.6. The Labute approximate surface area is 320 Å². The van der Waals surface area contributed by atoms with Gasteiger partial charge >= 0.3 is 5.97 Å². The van der Waals surface area contributed by atoms with E-state index in [1.807, 2.05) is 20.8 Å². The number of nitrogens with one attached hydrogen (secondary N) is 4. The third kappa shape index (κ3) is 10.6. The number of phenolic OH excluding ortho intramolecular Hbond substituents is 1. The highest BCUT2D eigenvalue weighted by atomic mass is 16.4. The highest BCUT2D eigenvalue weighted by Crippen LogP contribution is 2.26. The van der Waals surface area contributed by atoms with E-state index in [1.54, 1.807) is 19.1 Å². The molecular weight excluding hydrogens is 714 g/mol. The molecule has 3 saturated heterocycles. The number of rotatable bonds is 10. The van der Waals surface area contributed by atoms with E-state index in [4.69, 9.17) is 0 Å². The number of fused-ring (bicyclic) bond motifs is 2. The van der Waals surface area contributed by atoms with Crippen LogP contribution >= 0.6 is 0 Å². The monoisotopic (exact) mass is 769 g/mol. The molecule has 6 amide bonds. The smallest absolute Gasteiger partial charge is 0.305 e. The number of carbonyl (C=O) groups is 8. The summed E-state index contributed by atoms with van der Waals surface area (Å²) >= 11 is 0. The predicted molar refractivity (Wildman–Crippen MR) is 198 cm³/mol. The van der Waals surface area contributed by atoms with Crippen molar-refractivity contribution in [1.29, 1.82) is 0 Å². The Morgan fingerprint density at radius 2 is 1.45 bits per heavy atom. The molecule has 8 atom stereocenters. The molecule has 1 aromatic rings. The van der Waals surface area contributed by atoms with Crippen LogP contribution in [0.1, 0.15) is 85.1 Å². The second-order valence-electron chi connectivity index (χ2n) is 15.2. The lowest BCUT2D eigenvalue weighted by molar-refractivity contribution is -0.168. The SMILES string of the molecule is CC[C@H](C)[C@@H]1NC(=O)[C@H](C)NC(=O)[C@H](CC(C)C)NC(=O)[C@@H]2CCCN2N([C@H](C=O)CC(=O)O)C(=O)[C@H](Cc2ccc(O)cc2)NC(=O)[C@@H]2CCCN2C1=O. The summed E-state index contributed by atoms with van der Waals surface area (Å²) in [6, 6.07) is -2.57. The summed E-state index contributed by atoms with van der Waals surface area (Å²) in [6.45, 7) is 9.06. The molecule has 0 spiro atoms. The first-order valence-electron chi connectivity index (χ1n) is 19.1. The highest BCUT2D eigenvalue weighted by Gasteiger charge is 2.45. The van der Waals surface area contributed by atoms with Gasteiger partial charge in [-0.05, 0) is 68.6 Å². The van der Waals surface area contributed by atoms with Crippen LogP contribution in [0.25, 0.3) is 0 Å². The Morgan fingerprint density at radius 3 is 2.07 bits per heavy atom. The van der Waals surface area contributed by atoms with Crippen LogP contribution in [0.4, 0.5) is 0 Å². The molecule has 3 aliphatic rings. The van der Waals surface area contributed by atoms with Crippen molar-refractivity contribution < 1.29 is 48.6 Å². The third-order valence-corrected chi connectivity index (χ3v) is 10.6. The Morgan fingerprint density at radius 1 is 0.836 bits per heavy atom. The van der Waals surface area contributed by atoms with Crippen molar-refractivity contribution in [2.45, 2.75) is 128 Å². The Bertz CT molecular complexity index is 1600. The van der Waals surface area contributed by atoms with Gasteiger partial charge in [-0.1, -0.05) is 46.2 Å². The second kappa shape index (κ2) is 19.0. The Kier molecular flexibility index (Phi) is 14.7. The van der Waals surface area contributed by atoms with Crippen LogP contribution < -0.4 is 21.3 Å². The molecule has 1 aromatic carbocycles.